The van der Waals surface area contributed by atoms with Crippen LogP contribution >= 0.6 is 46.4 Å². The van der Waals surface area contributed by atoms with Gasteiger partial charge in [0.25, 0.3) is 0 Å². The Bertz CT molecular complexity index is 1130. The Morgan fingerprint density at radius 2 is 1.20 bits per heavy atom. The topological polar surface area (TPSA) is 61.8 Å². The Labute approximate surface area is 192 Å². The molecule has 0 saturated carbocycles. The molecule has 3 rings (SSSR count). The fourth-order valence-corrected chi connectivity index (χ4v) is 2.98. The van der Waals surface area contributed by atoms with Crippen LogP contribution in [0.3, 0.4) is 0 Å². The second-order valence-electron chi connectivity index (χ2n) is 5.85. The van der Waals surface area contributed by atoms with E-state index in [1.165, 1.54) is 61.7 Å². The molecular formula is C21H12Cl4O5. The molecule has 154 valence electrons. The number of benzene rings is 3. The van der Waals surface area contributed by atoms with Crippen molar-refractivity contribution in [2.24, 2.45) is 0 Å². The molecule has 0 spiro atoms. The minimum Gasteiger partial charge on any atom is -0.496 e. The summed E-state index contributed by atoms with van der Waals surface area (Å²) in [7, 11) is 1.39. The van der Waals surface area contributed by atoms with Gasteiger partial charge in [-0.1, -0.05) is 46.4 Å². The van der Waals surface area contributed by atoms with Crippen LogP contribution in [0, 0.1) is 0 Å². The molecule has 0 N–H and O–H groups in total. The minimum atomic E-state index is -0.755. The number of rotatable bonds is 5. The maximum absolute atomic E-state index is 12.6. The predicted molar refractivity (Wildman–Crippen MR) is 116 cm³/mol. The largest absolute Gasteiger partial charge is 0.496 e. The molecule has 0 atom stereocenters. The third kappa shape index (κ3) is 5.18. The summed E-state index contributed by atoms with van der Waals surface area (Å²) in [6.07, 6.45) is 0. The van der Waals surface area contributed by atoms with Gasteiger partial charge in [0.2, 0.25) is 0 Å². The number of ether oxygens (including phenoxy) is 3. The summed E-state index contributed by atoms with van der Waals surface area (Å²) in [5, 5.41) is 1.12. The molecule has 9 heteroatoms. The van der Waals surface area contributed by atoms with E-state index < -0.39 is 11.9 Å². The maximum Gasteiger partial charge on any atom is 0.347 e. The van der Waals surface area contributed by atoms with Crippen molar-refractivity contribution < 1.29 is 23.8 Å². The molecule has 0 amide bonds. The fourth-order valence-electron chi connectivity index (χ4n) is 2.40. The van der Waals surface area contributed by atoms with Crippen LogP contribution in [-0.4, -0.2) is 19.0 Å². The van der Waals surface area contributed by atoms with E-state index in [4.69, 9.17) is 60.6 Å². The predicted octanol–water partition coefficient (Wildman–Crippen LogP) is 6.75. The Hall–Kier alpha value is -2.44. The molecule has 0 aromatic heterocycles. The summed E-state index contributed by atoms with van der Waals surface area (Å²) in [4.78, 5) is 25.1. The molecular weight excluding hydrogens is 474 g/mol. The van der Waals surface area contributed by atoms with E-state index in [0.717, 1.165) is 0 Å². The van der Waals surface area contributed by atoms with E-state index in [1.54, 1.807) is 0 Å². The first-order chi connectivity index (χ1) is 14.3. The number of carbonyl (C=O) groups is 2. The number of hydrogen-bond acceptors (Lipinski definition) is 5. The van der Waals surface area contributed by atoms with Gasteiger partial charge < -0.3 is 14.2 Å². The number of hydrogen-bond donors (Lipinski definition) is 0. The molecule has 30 heavy (non-hydrogen) atoms. The third-order valence-electron chi connectivity index (χ3n) is 3.86. The van der Waals surface area contributed by atoms with Crippen LogP contribution in [0.25, 0.3) is 0 Å². The van der Waals surface area contributed by atoms with Crippen molar-refractivity contribution in [3.05, 3.63) is 85.8 Å². The molecule has 0 radical (unpaired) electrons. The minimum absolute atomic E-state index is 0.0205. The zero-order valence-corrected chi connectivity index (χ0v) is 18.3. The van der Waals surface area contributed by atoms with Crippen molar-refractivity contribution in [1.29, 1.82) is 0 Å². The van der Waals surface area contributed by atoms with Crippen LogP contribution in [0.2, 0.25) is 20.1 Å². The lowest BCUT2D eigenvalue weighted by Gasteiger charge is -2.11. The van der Waals surface area contributed by atoms with Gasteiger partial charge in [-0.25, -0.2) is 9.59 Å². The monoisotopic (exact) mass is 484 g/mol. The Morgan fingerprint density at radius 3 is 1.70 bits per heavy atom. The molecule has 0 heterocycles. The van der Waals surface area contributed by atoms with Crippen LogP contribution in [0.5, 0.6) is 17.2 Å². The van der Waals surface area contributed by atoms with Crippen LogP contribution in [0.15, 0.2) is 54.6 Å². The van der Waals surface area contributed by atoms with Gasteiger partial charge in [-0.15, -0.1) is 0 Å². The average Bonchev–Trinajstić information content (AvgIpc) is 2.73. The molecule has 5 nitrogen and oxygen atoms in total. The van der Waals surface area contributed by atoms with Crippen LogP contribution in [-0.2, 0) is 0 Å². The average molecular weight is 486 g/mol. The molecule has 0 aliphatic rings. The van der Waals surface area contributed by atoms with Gasteiger partial charge in [0, 0.05) is 12.1 Å². The van der Waals surface area contributed by atoms with E-state index >= 15 is 0 Å². The number of methoxy groups -OCH3 is 1. The third-order valence-corrected chi connectivity index (χ3v) is 5.34. The summed E-state index contributed by atoms with van der Waals surface area (Å²) in [5.41, 5.74) is 0.120. The zero-order valence-electron chi connectivity index (χ0n) is 15.2. The van der Waals surface area contributed by atoms with Crippen molar-refractivity contribution in [1.82, 2.24) is 0 Å². The molecule has 0 bridgehead atoms. The molecule has 3 aromatic carbocycles. The Balaban J connectivity index is 1.84. The quantitative estimate of drug-likeness (QED) is 0.295. The number of halogens is 4. The van der Waals surface area contributed by atoms with Gasteiger partial charge in [-0.05, 0) is 42.5 Å². The lowest BCUT2D eigenvalue weighted by Crippen LogP contribution is -2.14. The van der Waals surface area contributed by atoms with Crippen molar-refractivity contribution in [3.8, 4) is 17.2 Å². The van der Waals surface area contributed by atoms with Gasteiger partial charge >= 0.3 is 11.9 Å². The van der Waals surface area contributed by atoms with Gasteiger partial charge in [0.05, 0.1) is 32.8 Å². The van der Waals surface area contributed by atoms with Crippen LogP contribution in [0.4, 0.5) is 0 Å². The van der Waals surface area contributed by atoms with Gasteiger partial charge in [0.15, 0.2) is 0 Å². The SMILES string of the molecule is COc1ccc(C(=O)Oc2ccc(Cl)c(Cl)c2)cc1C(=O)Oc1ccc(Cl)c(Cl)c1. The second kappa shape index (κ2) is 9.58. The van der Waals surface area contributed by atoms with Crippen molar-refractivity contribution >= 4 is 58.3 Å². The summed E-state index contributed by atoms with van der Waals surface area (Å²) in [5.74, 6) is -0.870. The highest BCUT2D eigenvalue weighted by molar-refractivity contribution is 6.42. The smallest absolute Gasteiger partial charge is 0.347 e. The lowest BCUT2D eigenvalue weighted by atomic mass is 10.1. The van der Waals surface area contributed by atoms with E-state index in [0.29, 0.717) is 10.0 Å². The highest BCUT2D eigenvalue weighted by atomic mass is 35.5. The normalized spacial score (nSPS) is 10.4. The van der Waals surface area contributed by atoms with Crippen molar-refractivity contribution in [2.45, 2.75) is 0 Å². The Morgan fingerprint density at radius 1 is 0.667 bits per heavy atom. The molecule has 3 aromatic rings. The molecule has 0 saturated heterocycles. The van der Waals surface area contributed by atoms with E-state index in [9.17, 15) is 9.59 Å². The van der Waals surface area contributed by atoms with E-state index in [2.05, 4.69) is 0 Å². The fraction of sp³-hybridized carbons (Fsp3) is 0.0476. The van der Waals surface area contributed by atoms with E-state index in [-0.39, 0.29) is 38.4 Å². The number of esters is 2. The molecule has 0 unspecified atom stereocenters. The Kier molecular flexibility index (Phi) is 7.10. The summed E-state index contributed by atoms with van der Waals surface area (Å²) in [6, 6.07) is 13.0. The molecule has 0 aliphatic heterocycles. The molecule has 0 aliphatic carbocycles. The highest BCUT2D eigenvalue weighted by Gasteiger charge is 2.19. The highest BCUT2D eigenvalue weighted by Crippen LogP contribution is 2.29. The van der Waals surface area contributed by atoms with Crippen molar-refractivity contribution in [2.75, 3.05) is 7.11 Å². The maximum atomic E-state index is 12.6. The second-order valence-corrected chi connectivity index (χ2v) is 7.47. The summed E-state index contributed by atoms with van der Waals surface area (Å²) < 4.78 is 15.8. The summed E-state index contributed by atoms with van der Waals surface area (Å²) >= 11 is 23.6. The van der Waals surface area contributed by atoms with Gasteiger partial charge in [-0.3, -0.25) is 0 Å². The van der Waals surface area contributed by atoms with Gasteiger partial charge in [-0.2, -0.15) is 0 Å². The van der Waals surface area contributed by atoms with Crippen molar-refractivity contribution in [3.63, 3.8) is 0 Å². The summed E-state index contributed by atoms with van der Waals surface area (Å²) in [6.45, 7) is 0. The first kappa shape index (κ1) is 22.2. The van der Waals surface area contributed by atoms with Crippen LogP contribution < -0.4 is 14.2 Å². The zero-order chi connectivity index (χ0) is 21.8. The first-order valence-electron chi connectivity index (χ1n) is 8.31. The van der Waals surface area contributed by atoms with E-state index in [1.807, 2.05) is 0 Å². The van der Waals surface area contributed by atoms with Gasteiger partial charge in [0.1, 0.15) is 22.8 Å². The lowest BCUT2D eigenvalue weighted by molar-refractivity contribution is 0.0731. The molecule has 0 fully saturated rings. The number of carbonyl (C=O) groups excluding carboxylic acids is 2. The first-order valence-corrected chi connectivity index (χ1v) is 9.82. The standard InChI is InChI=1S/C21H12Cl4O5/c1-28-19-7-2-11(20(26)29-12-3-5-15(22)17(24)9-12)8-14(19)21(27)30-13-4-6-16(23)18(25)10-13/h2-10H,1H3. The van der Waals surface area contributed by atoms with Crippen LogP contribution in [0.1, 0.15) is 20.7 Å².